The van der Waals surface area contributed by atoms with E-state index in [2.05, 4.69) is 25.8 Å². The van der Waals surface area contributed by atoms with E-state index in [-0.39, 0.29) is 36.0 Å². The smallest absolute Gasteiger partial charge is 0.407 e. The van der Waals surface area contributed by atoms with E-state index in [0.29, 0.717) is 17.5 Å². The molecule has 2 aromatic rings. The first kappa shape index (κ1) is 18.5. The number of amides is 2. The number of hydrogen-bond donors (Lipinski definition) is 3. The summed E-state index contributed by atoms with van der Waals surface area (Å²) in [5.41, 5.74) is 0.859. The normalized spacial score (nSPS) is 22.6. The number of nitrogens with zero attached hydrogens (tertiary/aromatic N) is 2. The number of rotatable bonds is 6. The molecule has 0 unspecified atom stereocenters. The van der Waals surface area contributed by atoms with E-state index in [1.54, 1.807) is 13.1 Å². The molecule has 2 amide bonds. The van der Waals surface area contributed by atoms with Crippen molar-refractivity contribution in [2.24, 2.45) is 0 Å². The number of nitrogens with one attached hydrogen (secondary N) is 3. The quantitative estimate of drug-likeness (QED) is 0.700. The Kier molecular flexibility index (Phi) is 4.82. The summed E-state index contributed by atoms with van der Waals surface area (Å²) in [5, 5.41) is 12.8. The third-order valence-electron chi connectivity index (χ3n) is 5.35. The van der Waals surface area contributed by atoms with Gasteiger partial charge in [-0.15, -0.1) is 0 Å². The zero-order valence-electron chi connectivity index (χ0n) is 16.1. The minimum absolute atomic E-state index is 0.0589. The van der Waals surface area contributed by atoms with Crippen LogP contribution in [-0.2, 0) is 16.0 Å². The maximum absolute atomic E-state index is 12.1. The van der Waals surface area contributed by atoms with Gasteiger partial charge in [-0.05, 0) is 46.0 Å². The number of aryl methyl sites for hydroxylation is 1. The summed E-state index contributed by atoms with van der Waals surface area (Å²) in [5.74, 6) is 1.49. The van der Waals surface area contributed by atoms with Crippen LogP contribution in [0.4, 0.5) is 10.6 Å². The number of oxazole rings is 1. The van der Waals surface area contributed by atoms with Gasteiger partial charge in [0.2, 0.25) is 11.8 Å². The molecule has 2 atom stereocenters. The van der Waals surface area contributed by atoms with Crippen LogP contribution >= 0.6 is 0 Å². The van der Waals surface area contributed by atoms with Crippen molar-refractivity contribution in [1.82, 2.24) is 20.5 Å². The predicted octanol–water partition coefficient (Wildman–Crippen LogP) is 2.80. The fraction of sp³-hybridized carbons (Fsp3) is 0.579. The minimum atomic E-state index is -0.329. The molecule has 150 valence electrons. The number of hydrogen-bond acceptors (Lipinski definition) is 6. The highest BCUT2D eigenvalue weighted by atomic mass is 16.6. The van der Waals surface area contributed by atoms with Gasteiger partial charge in [-0.3, -0.25) is 9.89 Å². The molecule has 2 aliphatic carbocycles. The first-order valence-corrected chi connectivity index (χ1v) is 9.64. The van der Waals surface area contributed by atoms with E-state index in [1.165, 1.54) is 0 Å². The van der Waals surface area contributed by atoms with Crippen LogP contribution < -0.4 is 10.6 Å². The first-order chi connectivity index (χ1) is 13.4. The monoisotopic (exact) mass is 387 g/mol. The average Bonchev–Trinajstić information content (AvgIpc) is 3.05. The molecule has 28 heavy (non-hydrogen) atoms. The van der Waals surface area contributed by atoms with E-state index < -0.39 is 0 Å². The van der Waals surface area contributed by atoms with Gasteiger partial charge in [0.15, 0.2) is 5.82 Å². The summed E-state index contributed by atoms with van der Waals surface area (Å²) in [7, 11) is 0. The fourth-order valence-electron chi connectivity index (χ4n) is 3.49. The van der Waals surface area contributed by atoms with Gasteiger partial charge in [-0.25, -0.2) is 9.78 Å². The summed E-state index contributed by atoms with van der Waals surface area (Å²) >= 11 is 0. The molecule has 0 spiro atoms. The summed E-state index contributed by atoms with van der Waals surface area (Å²) < 4.78 is 10.9. The van der Waals surface area contributed by atoms with Crippen molar-refractivity contribution < 1.29 is 18.7 Å². The fourth-order valence-corrected chi connectivity index (χ4v) is 3.49. The van der Waals surface area contributed by atoms with E-state index in [1.807, 2.05) is 13.0 Å². The molecule has 9 heteroatoms. The molecular weight excluding hydrogens is 362 g/mol. The summed E-state index contributed by atoms with van der Waals surface area (Å²) in [6.45, 7) is 3.80. The molecule has 2 heterocycles. The minimum Gasteiger partial charge on any atom is -0.446 e. The molecule has 2 aliphatic rings. The van der Waals surface area contributed by atoms with E-state index in [9.17, 15) is 9.59 Å². The highest BCUT2D eigenvalue weighted by molar-refractivity contribution is 5.90. The zero-order valence-corrected chi connectivity index (χ0v) is 16.1. The van der Waals surface area contributed by atoms with Crippen LogP contribution in [0.1, 0.15) is 62.3 Å². The Hall–Kier alpha value is -2.84. The number of ether oxygens (including phenoxy) is 1. The van der Waals surface area contributed by atoms with Gasteiger partial charge in [0.1, 0.15) is 18.3 Å². The van der Waals surface area contributed by atoms with Crippen LogP contribution in [-0.4, -0.2) is 38.8 Å². The van der Waals surface area contributed by atoms with Gasteiger partial charge in [0.05, 0.1) is 6.20 Å². The Labute approximate surface area is 162 Å². The third kappa shape index (κ3) is 4.52. The molecule has 0 aliphatic heterocycles. The lowest BCUT2D eigenvalue weighted by Crippen LogP contribution is -2.36. The maximum atomic E-state index is 12.1. The molecule has 2 aromatic heterocycles. The average molecular weight is 387 g/mol. The molecule has 0 aromatic carbocycles. The number of alkyl carbamates (subject to hydrolysis) is 1. The number of carbonyl (C=O) groups excluding carboxylic acids is 2. The van der Waals surface area contributed by atoms with Crippen LogP contribution in [0.25, 0.3) is 0 Å². The van der Waals surface area contributed by atoms with Crippen molar-refractivity contribution in [2.75, 3.05) is 5.32 Å². The van der Waals surface area contributed by atoms with Gasteiger partial charge in [-0.2, -0.15) is 5.10 Å². The van der Waals surface area contributed by atoms with Crippen LogP contribution in [0, 0.1) is 6.92 Å². The van der Waals surface area contributed by atoms with Crippen LogP contribution in [0.5, 0.6) is 0 Å². The Bertz CT molecular complexity index is 869. The second kappa shape index (κ2) is 7.29. The summed E-state index contributed by atoms with van der Waals surface area (Å²) in [4.78, 5) is 28.1. The van der Waals surface area contributed by atoms with Crippen molar-refractivity contribution in [3.63, 3.8) is 0 Å². The summed E-state index contributed by atoms with van der Waals surface area (Å²) in [6, 6.07) is 1.83. The lowest BCUT2D eigenvalue weighted by atomic mass is 10.0. The molecule has 4 rings (SSSR count). The largest absolute Gasteiger partial charge is 0.446 e. The Morgan fingerprint density at radius 2 is 2.21 bits per heavy atom. The molecule has 9 nitrogen and oxygen atoms in total. The Morgan fingerprint density at radius 3 is 2.93 bits per heavy atom. The van der Waals surface area contributed by atoms with Crippen LogP contribution in [0.3, 0.4) is 0 Å². The highest BCUT2D eigenvalue weighted by Crippen LogP contribution is 2.37. The highest BCUT2D eigenvalue weighted by Gasteiger charge is 2.40. The van der Waals surface area contributed by atoms with Crippen molar-refractivity contribution in [2.45, 2.75) is 69.9 Å². The SMILES string of the molecule is Cc1cnc(CC(=O)Nc2cc([C@H]3CC[C@@H](OC(=O)NC4(C)CC4)C3)[nH]n2)o1. The van der Waals surface area contributed by atoms with Gasteiger partial charge in [-0.1, -0.05) is 0 Å². The lowest BCUT2D eigenvalue weighted by Gasteiger charge is -2.16. The molecule has 0 bridgehead atoms. The van der Waals surface area contributed by atoms with Crippen LogP contribution in [0.2, 0.25) is 0 Å². The molecule has 2 fully saturated rings. The number of aromatic amines is 1. The van der Waals surface area contributed by atoms with Crippen molar-refractivity contribution in [3.05, 3.63) is 29.6 Å². The molecule has 0 saturated heterocycles. The number of aromatic nitrogens is 3. The molecular formula is C19H25N5O4. The van der Waals surface area contributed by atoms with Crippen LogP contribution in [0.15, 0.2) is 16.7 Å². The van der Waals surface area contributed by atoms with E-state index >= 15 is 0 Å². The van der Waals surface area contributed by atoms with Crippen molar-refractivity contribution in [3.8, 4) is 0 Å². The second-order valence-electron chi connectivity index (χ2n) is 8.02. The van der Waals surface area contributed by atoms with E-state index in [4.69, 9.17) is 9.15 Å². The maximum Gasteiger partial charge on any atom is 0.407 e. The number of H-pyrrole nitrogens is 1. The predicted molar refractivity (Wildman–Crippen MR) is 99.8 cm³/mol. The third-order valence-corrected chi connectivity index (χ3v) is 5.35. The molecule has 0 radical (unpaired) electrons. The van der Waals surface area contributed by atoms with Gasteiger partial charge >= 0.3 is 6.09 Å². The zero-order chi connectivity index (χ0) is 19.7. The first-order valence-electron chi connectivity index (χ1n) is 9.64. The van der Waals surface area contributed by atoms with Crippen molar-refractivity contribution in [1.29, 1.82) is 0 Å². The molecule has 3 N–H and O–H groups in total. The Morgan fingerprint density at radius 1 is 1.39 bits per heavy atom. The van der Waals surface area contributed by atoms with Gasteiger partial charge in [0.25, 0.3) is 0 Å². The van der Waals surface area contributed by atoms with Gasteiger partial charge < -0.3 is 19.8 Å². The number of carbonyl (C=O) groups is 2. The topological polar surface area (TPSA) is 122 Å². The van der Waals surface area contributed by atoms with E-state index in [0.717, 1.165) is 37.8 Å². The summed E-state index contributed by atoms with van der Waals surface area (Å²) in [6.07, 6.45) is 5.70. The second-order valence-corrected chi connectivity index (χ2v) is 8.02. The number of anilines is 1. The van der Waals surface area contributed by atoms with Gasteiger partial charge in [0, 0.05) is 23.2 Å². The Balaban J connectivity index is 1.26. The standard InChI is InChI=1S/C19H25N5O4/c1-11-10-20-17(27-11)9-16(25)21-15-8-14(23-24-15)12-3-4-13(7-12)28-18(26)22-19(2)5-6-19/h8,10,12-13H,3-7,9H2,1-2H3,(H,22,26)(H2,21,23,24,25)/t12-,13+/m0/s1. The molecule has 2 saturated carbocycles. The lowest BCUT2D eigenvalue weighted by molar-refractivity contribution is -0.115. The van der Waals surface area contributed by atoms with Crippen molar-refractivity contribution >= 4 is 17.8 Å².